The first kappa shape index (κ1) is 16.4. The molecule has 1 aromatic heterocycles. The summed E-state index contributed by atoms with van der Waals surface area (Å²) in [5, 5.41) is 15.8. The predicted octanol–water partition coefficient (Wildman–Crippen LogP) is 2.07. The minimum atomic E-state index is -3.69. The Balaban J connectivity index is 2.13. The minimum Gasteiger partial charge on any atom is -0.359 e. The molecule has 3 rings (SSSR count). The number of anilines is 1. The van der Waals surface area contributed by atoms with Gasteiger partial charge in [0.15, 0.2) is 9.84 Å². The van der Waals surface area contributed by atoms with Crippen LogP contribution < -0.4 is 4.90 Å². The van der Waals surface area contributed by atoms with Gasteiger partial charge < -0.3 is 4.90 Å². The van der Waals surface area contributed by atoms with E-state index in [4.69, 9.17) is 0 Å². The normalized spacial score (nSPS) is 18.1. The zero-order valence-electron chi connectivity index (χ0n) is 13.4. The summed E-state index contributed by atoms with van der Waals surface area (Å²) in [5.41, 5.74) is 0.958. The van der Waals surface area contributed by atoms with Crippen LogP contribution in [0.15, 0.2) is 35.5 Å². The molecule has 0 amide bonds. The van der Waals surface area contributed by atoms with E-state index in [1.165, 1.54) is 6.07 Å². The third-order valence-corrected chi connectivity index (χ3v) is 5.36. The number of sulfone groups is 1. The molecule has 9 heteroatoms. The standard InChI is InChI=1S/C15H18N4O4S/c1-17-10-11(9-16-17)12-6-4-8-18(12)13-5-3-7-14(24(2,22)23)15(13)19(20)21/h3,5,7,9-10,12H,4,6,8H2,1-2H3. The van der Waals surface area contributed by atoms with Crippen molar-refractivity contribution in [2.24, 2.45) is 7.05 Å². The highest BCUT2D eigenvalue weighted by atomic mass is 32.2. The first-order valence-electron chi connectivity index (χ1n) is 7.51. The van der Waals surface area contributed by atoms with Gasteiger partial charge in [-0.2, -0.15) is 5.10 Å². The van der Waals surface area contributed by atoms with E-state index in [2.05, 4.69) is 5.10 Å². The average molecular weight is 350 g/mol. The van der Waals surface area contributed by atoms with Crippen molar-refractivity contribution in [2.45, 2.75) is 23.8 Å². The molecule has 24 heavy (non-hydrogen) atoms. The number of aryl methyl sites for hydroxylation is 1. The molecule has 1 aromatic carbocycles. The highest BCUT2D eigenvalue weighted by Crippen LogP contribution is 2.42. The Hall–Kier alpha value is -2.42. The predicted molar refractivity (Wildman–Crippen MR) is 88.7 cm³/mol. The van der Waals surface area contributed by atoms with E-state index in [0.29, 0.717) is 12.2 Å². The van der Waals surface area contributed by atoms with Gasteiger partial charge in [0.2, 0.25) is 0 Å². The first-order chi connectivity index (χ1) is 11.3. The van der Waals surface area contributed by atoms with Gasteiger partial charge in [0, 0.05) is 31.6 Å². The fraction of sp³-hybridized carbons (Fsp3) is 0.400. The van der Waals surface area contributed by atoms with E-state index in [0.717, 1.165) is 24.7 Å². The van der Waals surface area contributed by atoms with Crippen molar-refractivity contribution in [3.05, 3.63) is 46.3 Å². The fourth-order valence-corrected chi connectivity index (χ4v) is 4.10. The molecule has 0 N–H and O–H groups in total. The Morgan fingerprint density at radius 2 is 2.12 bits per heavy atom. The largest absolute Gasteiger partial charge is 0.359 e. The molecule has 128 valence electrons. The van der Waals surface area contributed by atoms with Crippen molar-refractivity contribution in [2.75, 3.05) is 17.7 Å². The number of nitrogens with zero attached hydrogens (tertiary/aromatic N) is 4. The van der Waals surface area contributed by atoms with E-state index in [1.807, 2.05) is 18.1 Å². The molecule has 1 aliphatic heterocycles. The fourth-order valence-electron chi connectivity index (χ4n) is 3.24. The number of benzene rings is 1. The summed E-state index contributed by atoms with van der Waals surface area (Å²) < 4.78 is 25.6. The molecule has 0 spiro atoms. The quantitative estimate of drug-likeness (QED) is 0.618. The van der Waals surface area contributed by atoms with Crippen LogP contribution in [0.4, 0.5) is 11.4 Å². The van der Waals surface area contributed by atoms with Gasteiger partial charge in [-0.25, -0.2) is 8.42 Å². The summed E-state index contributed by atoms with van der Waals surface area (Å²) in [4.78, 5) is 12.6. The van der Waals surface area contributed by atoms with Gasteiger partial charge in [0.05, 0.1) is 17.2 Å². The van der Waals surface area contributed by atoms with Crippen LogP contribution in [-0.4, -0.2) is 35.9 Å². The third-order valence-electron chi connectivity index (χ3n) is 4.23. The summed E-state index contributed by atoms with van der Waals surface area (Å²) in [6, 6.07) is 4.40. The van der Waals surface area contributed by atoms with Crippen molar-refractivity contribution in [3.8, 4) is 0 Å². The average Bonchev–Trinajstić information content (AvgIpc) is 3.13. The molecular formula is C15H18N4O4S. The lowest BCUT2D eigenvalue weighted by atomic mass is 10.1. The van der Waals surface area contributed by atoms with Crippen LogP contribution in [0.1, 0.15) is 24.4 Å². The second-order valence-electron chi connectivity index (χ2n) is 5.95. The van der Waals surface area contributed by atoms with Crippen LogP contribution >= 0.6 is 0 Å². The first-order valence-corrected chi connectivity index (χ1v) is 9.41. The van der Waals surface area contributed by atoms with Crippen molar-refractivity contribution in [3.63, 3.8) is 0 Å². The van der Waals surface area contributed by atoms with Crippen molar-refractivity contribution in [1.29, 1.82) is 0 Å². The van der Waals surface area contributed by atoms with E-state index in [1.54, 1.807) is 23.0 Å². The Morgan fingerprint density at radius 1 is 1.38 bits per heavy atom. The number of hydrogen-bond donors (Lipinski definition) is 0. The van der Waals surface area contributed by atoms with E-state index in [9.17, 15) is 18.5 Å². The Kier molecular flexibility index (Phi) is 4.04. The SMILES string of the molecule is Cn1cc(C2CCCN2c2cccc(S(C)(=O)=O)c2[N+](=O)[O-])cn1. The van der Waals surface area contributed by atoms with Gasteiger partial charge in [-0.15, -0.1) is 0 Å². The molecule has 1 aliphatic rings. The Morgan fingerprint density at radius 3 is 2.71 bits per heavy atom. The second-order valence-corrected chi connectivity index (χ2v) is 7.94. The molecule has 1 unspecified atom stereocenters. The highest BCUT2D eigenvalue weighted by Gasteiger charge is 2.34. The maximum Gasteiger partial charge on any atom is 0.311 e. The van der Waals surface area contributed by atoms with Crippen LogP contribution in [0.25, 0.3) is 0 Å². The third kappa shape index (κ3) is 2.86. The maximum atomic E-state index is 11.9. The zero-order valence-corrected chi connectivity index (χ0v) is 14.2. The van der Waals surface area contributed by atoms with Crippen molar-refractivity contribution in [1.82, 2.24) is 9.78 Å². The smallest absolute Gasteiger partial charge is 0.311 e. The Bertz CT molecular complexity index is 891. The Labute approximate surface area is 139 Å². The van der Waals surface area contributed by atoms with Gasteiger partial charge in [0.25, 0.3) is 0 Å². The molecule has 1 saturated heterocycles. The van der Waals surface area contributed by atoms with Crippen LogP contribution in [-0.2, 0) is 16.9 Å². The minimum absolute atomic E-state index is 0.0489. The van der Waals surface area contributed by atoms with Gasteiger partial charge in [0.1, 0.15) is 10.6 Å². The molecule has 0 bridgehead atoms. The number of para-hydroxylation sites is 1. The van der Waals surface area contributed by atoms with Crippen molar-refractivity contribution >= 4 is 21.2 Å². The lowest BCUT2D eigenvalue weighted by molar-refractivity contribution is -0.387. The lowest BCUT2D eigenvalue weighted by Gasteiger charge is -2.26. The van der Waals surface area contributed by atoms with E-state index in [-0.39, 0.29) is 16.6 Å². The van der Waals surface area contributed by atoms with Crippen LogP contribution in [0.3, 0.4) is 0 Å². The van der Waals surface area contributed by atoms with Gasteiger partial charge >= 0.3 is 5.69 Å². The van der Waals surface area contributed by atoms with Gasteiger partial charge in [-0.05, 0) is 25.0 Å². The molecule has 8 nitrogen and oxygen atoms in total. The molecule has 0 saturated carbocycles. The highest BCUT2D eigenvalue weighted by molar-refractivity contribution is 7.90. The van der Waals surface area contributed by atoms with E-state index >= 15 is 0 Å². The molecule has 1 atom stereocenters. The molecular weight excluding hydrogens is 332 g/mol. The summed E-state index contributed by atoms with van der Waals surface area (Å²) in [6.45, 7) is 0.633. The summed E-state index contributed by atoms with van der Waals surface area (Å²) in [5.74, 6) is 0. The molecule has 1 fully saturated rings. The zero-order chi connectivity index (χ0) is 17.5. The molecule has 0 aliphatic carbocycles. The van der Waals surface area contributed by atoms with Gasteiger partial charge in [-0.1, -0.05) is 6.07 Å². The summed E-state index contributed by atoms with van der Waals surface area (Å²) in [6.07, 6.45) is 6.33. The molecule has 2 heterocycles. The van der Waals surface area contributed by atoms with Crippen molar-refractivity contribution < 1.29 is 13.3 Å². The van der Waals surface area contributed by atoms with Crippen LogP contribution in [0.5, 0.6) is 0 Å². The molecule has 2 aromatic rings. The number of aromatic nitrogens is 2. The topological polar surface area (TPSA) is 98.3 Å². The summed E-state index contributed by atoms with van der Waals surface area (Å²) in [7, 11) is -1.88. The van der Waals surface area contributed by atoms with Crippen LogP contribution in [0.2, 0.25) is 0 Å². The number of nitro groups is 1. The maximum absolute atomic E-state index is 11.9. The second kappa shape index (κ2) is 5.90. The monoisotopic (exact) mass is 350 g/mol. The molecule has 0 radical (unpaired) electrons. The number of nitro benzene ring substituents is 1. The summed E-state index contributed by atoms with van der Waals surface area (Å²) >= 11 is 0. The number of rotatable bonds is 4. The van der Waals surface area contributed by atoms with E-state index < -0.39 is 14.8 Å². The van der Waals surface area contributed by atoms with Crippen LogP contribution in [0, 0.1) is 10.1 Å². The number of hydrogen-bond acceptors (Lipinski definition) is 6. The van der Waals surface area contributed by atoms with Gasteiger partial charge in [-0.3, -0.25) is 14.8 Å². The lowest BCUT2D eigenvalue weighted by Crippen LogP contribution is -2.23.